The number of Topliss-reactive ketones (excluding diaryl/α,β-unsaturated/α-hetero) is 1. The molecule has 146 valence electrons. The van der Waals surface area contributed by atoms with E-state index in [1.54, 1.807) is 26.8 Å². The van der Waals surface area contributed by atoms with Crippen LogP contribution in [0.3, 0.4) is 0 Å². The van der Waals surface area contributed by atoms with Crippen molar-refractivity contribution >= 4 is 11.8 Å². The third-order valence-electron chi connectivity index (χ3n) is 6.34. The topological polar surface area (TPSA) is 72.8 Å². The van der Waals surface area contributed by atoms with Crippen molar-refractivity contribution in [3.63, 3.8) is 0 Å². The average molecular weight is 364 g/mol. The number of aliphatic hydroxyl groups is 1. The Morgan fingerprint density at radius 2 is 2.00 bits per heavy atom. The van der Waals surface area contributed by atoms with Crippen LogP contribution in [0.4, 0.5) is 0 Å². The van der Waals surface area contributed by atoms with E-state index < -0.39 is 23.3 Å². The van der Waals surface area contributed by atoms with E-state index in [1.807, 2.05) is 20.8 Å². The maximum Gasteiger partial charge on any atom is 0.333 e. The number of ketones is 1. The molecule has 2 aliphatic rings. The lowest BCUT2D eigenvalue weighted by Gasteiger charge is -2.45. The Morgan fingerprint density at radius 1 is 1.38 bits per heavy atom. The monoisotopic (exact) mass is 364 g/mol. The molecule has 1 N–H and O–H groups in total. The minimum atomic E-state index is -1.50. The van der Waals surface area contributed by atoms with Gasteiger partial charge in [0, 0.05) is 24.2 Å². The molecular formula is C21H32O5. The van der Waals surface area contributed by atoms with Gasteiger partial charge < -0.3 is 14.6 Å². The summed E-state index contributed by atoms with van der Waals surface area (Å²) < 4.78 is 11.6. The van der Waals surface area contributed by atoms with Gasteiger partial charge in [0.25, 0.3) is 0 Å². The van der Waals surface area contributed by atoms with Crippen LogP contribution in [0.5, 0.6) is 0 Å². The molecule has 0 radical (unpaired) electrons. The van der Waals surface area contributed by atoms with Crippen LogP contribution in [0.15, 0.2) is 22.8 Å². The molecule has 0 aromatic heterocycles. The minimum Gasteiger partial charge on any atom is -0.456 e. The summed E-state index contributed by atoms with van der Waals surface area (Å²) in [6.07, 6.45) is 2.32. The second-order valence-corrected chi connectivity index (χ2v) is 8.15. The van der Waals surface area contributed by atoms with Crippen molar-refractivity contribution in [2.24, 2.45) is 11.8 Å². The first-order valence-electron chi connectivity index (χ1n) is 9.39. The smallest absolute Gasteiger partial charge is 0.333 e. The van der Waals surface area contributed by atoms with E-state index in [1.165, 1.54) is 7.11 Å². The average Bonchev–Trinajstić information content (AvgIpc) is 2.91. The van der Waals surface area contributed by atoms with Gasteiger partial charge >= 0.3 is 5.97 Å². The van der Waals surface area contributed by atoms with Gasteiger partial charge in [0.2, 0.25) is 0 Å². The highest BCUT2D eigenvalue weighted by Crippen LogP contribution is 2.52. The largest absolute Gasteiger partial charge is 0.456 e. The number of fused-ring (bicyclic) bond motifs is 1. The third-order valence-corrected chi connectivity index (χ3v) is 6.34. The van der Waals surface area contributed by atoms with Gasteiger partial charge in [-0.1, -0.05) is 25.5 Å². The molecule has 0 aliphatic heterocycles. The lowest BCUT2D eigenvalue weighted by molar-refractivity contribution is -0.202. The molecule has 0 unspecified atom stereocenters. The molecule has 4 atom stereocenters. The van der Waals surface area contributed by atoms with Gasteiger partial charge in [-0.2, -0.15) is 0 Å². The number of hydrogen-bond donors (Lipinski definition) is 1. The van der Waals surface area contributed by atoms with Gasteiger partial charge in [0.1, 0.15) is 17.3 Å². The molecule has 1 fully saturated rings. The zero-order valence-electron chi connectivity index (χ0n) is 17.0. The van der Waals surface area contributed by atoms with Crippen molar-refractivity contribution in [3.8, 4) is 0 Å². The molecule has 0 aromatic carbocycles. The summed E-state index contributed by atoms with van der Waals surface area (Å²) in [4.78, 5) is 25.8. The molecule has 0 spiro atoms. The maximum absolute atomic E-state index is 13.4. The first kappa shape index (κ1) is 20.8. The van der Waals surface area contributed by atoms with Crippen molar-refractivity contribution in [1.29, 1.82) is 0 Å². The van der Waals surface area contributed by atoms with Crippen LogP contribution in [-0.2, 0) is 19.1 Å². The van der Waals surface area contributed by atoms with Gasteiger partial charge in [-0.05, 0) is 52.9 Å². The lowest BCUT2D eigenvalue weighted by Crippen LogP contribution is -2.60. The Bertz CT molecular complexity index is 655. The zero-order valence-corrected chi connectivity index (χ0v) is 17.0. The predicted octanol–water partition coefficient (Wildman–Crippen LogP) is 3.36. The molecule has 0 heterocycles. The van der Waals surface area contributed by atoms with Gasteiger partial charge in [-0.3, -0.25) is 4.79 Å². The van der Waals surface area contributed by atoms with E-state index in [0.29, 0.717) is 24.0 Å². The first-order valence-corrected chi connectivity index (χ1v) is 9.39. The lowest BCUT2D eigenvalue weighted by atomic mass is 9.75. The van der Waals surface area contributed by atoms with Gasteiger partial charge in [-0.25, -0.2) is 4.79 Å². The molecule has 5 heteroatoms. The van der Waals surface area contributed by atoms with Crippen LogP contribution in [-0.4, -0.2) is 41.3 Å². The molecule has 0 amide bonds. The Kier molecular flexibility index (Phi) is 5.83. The van der Waals surface area contributed by atoms with Crippen LogP contribution in [0.1, 0.15) is 60.8 Å². The first-order chi connectivity index (χ1) is 12.0. The van der Waals surface area contributed by atoms with Gasteiger partial charge in [-0.15, -0.1) is 0 Å². The van der Waals surface area contributed by atoms with Crippen molar-refractivity contribution in [2.45, 2.75) is 78.1 Å². The van der Waals surface area contributed by atoms with E-state index in [4.69, 9.17) is 9.47 Å². The van der Waals surface area contributed by atoms with E-state index in [9.17, 15) is 14.7 Å². The van der Waals surface area contributed by atoms with Crippen LogP contribution < -0.4 is 0 Å². The summed E-state index contributed by atoms with van der Waals surface area (Å²) in [6.45, 7) is 11.0. The Morgan fingerprint density at radius 3 is 2.50 bits per heavy atom. The fourth-order valence-electron chi connectivity index (χ4n) is 4.37. The fourth-order valence-corrected chi connectivity index (χ4v) is 4.37. The van der Waals surface area contributed by atoms with Crippen molar-refractivity contribution in [3.05, 3.63) is 22.8 Å². The summed E-state index contributed by atoms with van der Waals surface area (Å²) in [5, 5.41) is 11.6. The quantitative estimate of drug-likeness (QED) is 0.612. The maximum atomic E-state index is 13.4. The van der Waals surface area contributed by atoms with E-state index in [2.05, 4.69) is 0 Å². The highest BCUT2D eigenvalue weighted by Gasteiger charge is 2.63. The van der Waals surface area contributed by atoms with Crippen molar-refractivity contribution in [2.75, 3.05) is 7.11 Å². The van der Waals surface area contributed by atoms with Crippen LogP contribution in [0, 0.1) is 11.8 Å². The summed E-state index contributed by atoms with van der Waals surface area (Å²) in [5.74, 6) is -0.722. The molecule has 0 saturated heterocycles. The van der Waals surface area contributed by atoms with E-state index in [-0.39, 0.29) is 24.0 Å². The van der Waals surface area contributed by atoms with Gasteiger partial charge in [0.05, 0.1) is 0 Å². The standard InChI is InChI=1S/C21H32O5/c1-8-13(4)19(23)26-16-11-15(12(2)3)18(22)17-14(5)9-10-21(17,25-7)20(16,6)24/h8,12,15-16,24H,9-11H2,1-7H3/b13-8-/t15-,16-,20+,21-/m0/s1. The van der Waals surface area contributed by atoms with Crippen LogP contribution >= 0.6 is 0 Å². The normalized spacial score (nSPS) is 35.6. The number of allylic oxidation sites excluding steroid dienone is 2. The van der Waals surface area contributed by atoms with E-state index >= 15 is 0 Å². The molecule has 0 aromatic rings. The minimum absolute atomic E-state index is 0.0124. The summed E-state index contributed by atoms with van der Waals surface area (Å²) in [7, 11) is 1.52. The molecule has 5 nitrogen and oxygen atoms in total. The SMILES string of the molecule is C/C=C(/C)C(=O)O[C@H]1C[C@@H](C(C)C)C(=O)C2=C(C)CC[C@@]2(OC)[C@]1(C)O. The van der Waals surface area contributed by atoms with Gasteiger partial charge in [0.15, 0.2) is 5.78 Å². The molecule has 0 bridgehead atoms. The molecule has 1 saturated carbocycles. The Hall–Kier alpha value is -1.46. The predicted molar refractivity (Wildman–Crippen MR) is 99.6 cm³/mol. The molecular weight excluding hydrogens is 332 g/mol. The molecule has 2 rings (SSSR count). The number of hydrogen-bond acceptors (Lipinski definition) is 5. The fraction of sp³-hybridized carbons (Fsp3) is 0.714. The highest BCUT2D eigenvalue weighted by atomic mass is 16.6. The summed E-state index contributed by atoms with van der Waals surface area (Å²) in [6, 6.07) is 0. The van der Waals surface area contributed by atoms with Crippen molar-refractivity contribution < 1.29 is 24.2 Å². The number of methoxy groups -OCH3 is 1. The van der Waals surface area contributed by atoms with Crippen LogP contribution in [0.2, 0.25) is 0 Å². The zero-order chi connectivity index (χ0) is 19.9. The Balaban J connectivity index is 2.60. The van der Waals surface area contributed by atoms with Crippen LogP contribution in [0.25, 0.3) is 0 Å². The molecule has 2 aliphatic carbocycles. The Labute approximate surface area is 156 Å². The van der Waals surface area contributed by atoms with Crippen molar-refractivity contribution in [1.82, 2.24) is 0 Å². The third kappa shape index (κ3) is 3.05. The number of carbonyl (C=O) groups excluding carboxylic acids is 2. The summed E-state index contributed by atoms with van der Waals surface area (Å²) in [5.41, 5.74) is -0.642. The second kappa shape index (κ2) is 7.28. The number of esters is 1. The second-order valence-electron chi connectivity index (χ2n) is 8.15. The number of ether oxygens (including phenoxy) is 2. The number of carbonyl (C=O) groups is 2. The van der Waals surface area contributed by atoms with E-state index in [0.717, 1.165) is 5.57 Å². The summed E-state index contributed by atoms with van der Waals surface area (Å²) >= 11 is 0. The number of rotatable bonds is 4. The molecule has 26 heavy (non-hydrogen) atoms. The highest BCUT2D eigenvalue weighted by molar-refractivity contribution is 6.01.